The lowest BCUT2D eigenvalue weighted by Crippen LogP contribution is -2.27. The molecule has 0 aliphatic heterocycles. The second-order valence-corrected chi connectivity index (χ2v) is 3.63. The van der Waals surface area contributed by atoms with Crippen LogP contribution < -0.4 is 10.6 Å². The summed E-state index contributed by atoms with van der Waals surface area (Å²) < 4.78 is 0. The van der Waals surface area contributed by atoms with Crippen LogP contribution in [0.4, 0.5) is 11.5 Å². The van der Waals surface area contributed by atoms with Gasteiger partial charge in [0.25, 0.3) is 0 Å². The Morgan fingerprint density at radius 2 is 2.29 bits per heavy atom. The van der Waals surface area contributed by atoms with Crippen molar-refractivity contribution in [1.82, 2.24) is 4.98 Å². The van der Waals surface area contributed by atoms with E-state index in [2.05, 4.69) is 4.98 Å². The molecule has 1 heterocycles. The molecule has 0 fully saturated rings. The summed E-state index contributed by atoms with van der Waals surface area (Å²) in [4.78, 5) is 6.10. The van der Waals surface area contributed by atoms with Gasteiger partial charge in [0.1, 0.15) is 5.82 Å². The zero-order valence-corrected chi connectivity index (χ0v) is 8.86. The highest BCUT2D eigenvalue weighted by Gasteiger charge is 2.06. The molecule has 0 saturated heterocycles. The van der Waals surface area contributed by atoms with E-state index in [0.29, 0.717) is 6.54 Å². The summed E-state index contributed by atoms with van der Waals surface area (Å²) in [6, 6.07) is 1.82. The number of likely N-dealkylation sites (N-methyl/N-ethyl adjacent to an activating group) is 1. The fraction of sp³-hybridized carbons (Fsp3) is 0.500. The van der Waals surface area contributed by atoms with E-state index in [1.807, 2.05) is 24.9 Å². The number of hydrogen-bond donors (Lipinski definition) is 2. The van der Waals surface area contributed by atoms with E-state index in [9.17, 15) is 5.11 Å². The molecule has 14 heavy (non-hydrogen) atoms. The van der Waals surface area contributed by atoms with E-state index in [4.69, 9.17) is 5.73 Å². The van der Waals surface area contributed by atoms with Crippen LogP contribution in [0.1, 0.15) is 12.5 Å². The predicted molar refractivity (Wildman–Crippen MR) is 58.3 cm³/mol. The molecule has 1 aromatic heterocycles. The van der Waals surface area contributed by atoms with Gasteiger partial charge in [-0.1, -0.05) is 0 Å². The molecule has 0 bridgehead atoms. The van der Waals surface area contributed by atoms with Gasteiger partial charge in [0.15, 0.2) is 0 Å². The van der Waals surface area contributed by atoms with Crippen LogP contribution in [0.3, 0.4) is 0 Å². The molecule has 0 amide bonds. The molecule has 78 valence electrons. The van der Waals surface area contributed by atoms with E-state index in [1.165, 1.54) is 0 Å². The Balaban J connectivity index is 2.80. The van der Waals surface area contributed by atoms with E-state index in [-0.39, 0.29) is 6.10 Å². The Hall–Kier alpha value is -1.29. The van der Waals surface area contributed by atoms with Crippen LogP contribution in [-0.4, -0.2) is 29.8 Å². The molecule has 0 aromatic carbocycles. The largest absolute Gasteiger partial charge is 0.398 e. The molecule has 0 aliphatic rings. The van der Waals surface area contributed by atoms with Crippen molar-refractivity contribution in [2.75, 3.05) is 24.2 Å². The molecule has 0 aliphatic carbocycles. The van der Waals surface area contributed by atoms with E-state index in [0.717, 1.165) is 17.1 Å². The summed E-state index contributed by atoms with van der Waals surface area (Å²) in [5.41, 5.74) is 7.46. The maximum atomic E-state index is 9.21. The van der Waals surface area contributed by atoms with Gasteiger partial charge in [0.05, 0.1) is 6.10 Å². The lowest BCUT2D eigenvalue weighted by atomic mass is 10.2. The highest BCUT2D eigenvalue weighted by atomic mass is 16.3. The molecule has 1 unspecified atom stereocenters. The molecule has 1 atom stereocenters. The van der Waals surface area contributed by atoms with E-state index < -0.39 is 0 Å². The maximum Gasteiger partial charge on any atom is 0.130 e. The van der Waals surface area contributed by atoms with Crippen LogP contribution in [-0.2, 0) is 0 Å². The fourth-order valence-electron chi connectivity index (χ4n) is 1.23. The van der Waals surface area contributed by atoms with Crippen molar-refractivity contribution in [2.24, 2.45) is 0 Å². The molecule has 4 heteroatoms. The number of hydrogen-bond acceptors (Lipinski definition) is 4. The van der Waals surface area contributed by atoms with E-state index in [1.54, 1.807) is 13.1 Å². The van der Waals surface area contributed by atoms with Crippen molar-refractivity contribution in [3.8, 4) is 0 Å². The number of rotatable bonds is 3. The Labute approximate surface area is 84.4 Å². The Kier molecular flexibility index (Phi) is 3.30. The van der Waals surface area contributed by atoms with Gasteiger partial charge in [-0.05, 0) is 19.4 Å². The second kappa shape index (κ2) is 4.28. The average molecular weight is 195 g/mol. The Morgan fingerprint density at radius 1 is 1.64 bits per heavy atom. The molecule has 1 aromatic rings. The first-order valence-corrected chi connectivity index (χ1v) is 4.62. The highest BCUT2D eigenvalue weighted by molar-refractivity contribution is 5.54. The second-order valence-electron chi connectivity index (χ2n) is 3.63. The minimum absolute atomic E-state index is 0.371. The molecule has 0 radical (unpaired) electrons. The molecular weight excluding hydrogens is 178 g/mol. The van der Waals surface area contributed by atoms with Crippen LogP contribution in [0.2, 0.25) is 0 Å². The van der Waals surface area contributed by atoms with Crippen molar-refractivity contribution in [3.63, 3.8) is 0 Å². The molecule has 0 saturated carbocycles. The van der Waals surface area contributed by atoms with Gasteiger partial charge in [0.2, 0.25) is 0 Å². The van der Waals surface area contributed by atoms with Crippen LogP contribution in [0.15, 0.2) is 12.3 Å². The minimum Gasteiger partial charge on any atom is -0.398 e. The van der Waals surface area contributed by atoms with E-state index >= 15 is 0 Å². The number of aliphatic hydroxyl groups is 1. The van der Waals surface area contributed by atoms with Crippen molar-refractivity contribution < 1.29 is 5.11 Å². The first-order chi connectivity index (χ1) is 6.50. The van der Waals surface area contributed by atoms with Gasteiger partial charge in [-0.2, -0.15) is 0 Å². The lowest BCUT2D eigenvalue weighted by Gasteiger charge is -2.20. The zero-order valence-electron chi connectivity index (χ0n) is 8.86. The molecule has 3 N–H and O–H groups in total. The summed E-state index contributed by atoms with van der Waals surface area (Å²) in [6.45, 7) is 4.21. The normalized spacial score (nSPS) is 12.6. The van der Waals surface area contributed by atoms with Crippen LogP contribution in [0.25, 0.3) is 0 Å². The van der Waals surface area contributed by atoms with Crippen molar-refractivity contribution in [2.45, 2.75) is 20.0 Å². The third-order valence-electron chi connectivity index (χ3n) is 2.06. The maximum absolute atomic E-state index is 9.21. The topological polar surface area (TPSA) is 62.4 Å². The number of nitrogen functional groups attached to an aromatic ring is 1. The number of nitrogens with zero attached hydrogens (tertiary/aromatic N) is 2. The summed E-state index contributed by atoms with van der Waals surface area (Å²) in [5.74, 6) is 0.786. The number of nitrogens with two attached hydrogens (primary N) is 1. The number of aryl methyl sites for hydroxylation is 1. The van der Waals surface area contributed by atoms with Gasteiger partial charge < -0.3 is 15.7 Å². The fourth-order valence-corrected chi connectivity index (χ4v) is 1.23. The van der Waals surface area contributed by atoms with Crippen LogP contribution in [0, 0.1) is 6.92 Å². The number of anilines is 2. The Morgan fingerprint density at radius 3 is 2.79 bits per heavy atom. The van der Waals surface area contributed by atoms with Crippen LogP contribution in [0.5, 0.6) is 0 Å². The van der Waals surface area contributed by atoms with Crippen molar-refractivity contribution in [3.05, 3.63) is 17.8 Å². The molecule has 4 nitrogen and oxygen atoms in total. The smallest absolute Gasteiger partial charge is 0.130 e. The minimum atomic E-state index is -0.371. The zero-order chi connectivity index (χ0) is 10.7. The average Bonchev–Trinajstić information content (AvgIpc) is 2.08. The molecule has 0 spiro atoms. The summed E-state index contributed by atoms with van der Waals surface area (Å²) in [5, 5.41) is 9.21. The number of aliphatic hydroxyl groups excluding tert-OH is 1. The number of pyridine rings is 1. The lowest BCUT2D eigenvalue weighted by molar-refractivity contribution is 0.201. The monoisotopic (exact) mass is 195 g/mol. The summed E-state index contributed by atoms with van der Waals surface area (Å²) >= 11 is 0. The quantitative estimate of drug-likeness (QED) is 0.748. The van der Waals surface area contributed by atoms with Gasteiger partial charge in [0, 0.05) is 31.5 Å². The van der Waals surface area contributed by atoms with Crippen molar-refractivity contribution in [1.29, 1.82) is 0 Å². The van der Waals surface area contributed by atoms with Gasteiger partial charge in [-0.15, -0.1) is 0 Å². The third-order valence-corrected chi connectivity index (χ3v) is 2.06. The highest BCUT2D eigenvalue weighted by Crippen LogP contribution is 2.16. The van der Waals surface area contributed by atoms with Gasteiger partial charge in [-0.3, -0.25) is 0 Å². The number of aromatic nitrogens is 1. The standard InChI is InChI=1S/C10H17N3O/c1-7-5-12-10(4-9(7)11)13(3)6-8(2)14/h4-5,8,14H,6H2,1-3H3,(H2,11,12). The third kappa shape index (κ3) is 2.60. The summed E-state index contributed by atoms with van der Waals surface area (Å²) in [6.07, 6.45) is 1.37. The van der Waals surface area contributed by atoms with Gasteiger partial charge >= 0.3 is 0 Å². The predicted octanol–water partition coefficient (Wildman–Crippen LogP) is 0.789. The first-order valence-electron chi connectivity index (χ1n) is 4.62. The van der Waals surface area contributed by atoms with Gasteiger partial charge in [-0.25, -0.2) is 4.98 Å². The molecule has 1 rings (SSSR count). The van der Waals surface area contributed by atoms with Crippen LogP contribution >= 0.6 is 0 Å². The summed E-state index contributed by atoms with van der Waals surface area (Å²) in [7, 11) is 1.88. The molecular formula is C10H17N3O. The SMILES string of the molecule is Cc1cnc(N(C)CC(C)O)cc1N. The Bertz CT molecular complexity index is 312. The first kappa shape index (κ1) is 10.8. The van der Waals surface area contributed by atoms with Crippen molar-refractivity contribution >= 4 is 11.5 Å².